The molecule has 0 aliphatic heterocycles. The van der Waals surface area contributed by atoms with E-state index in [2.05, 4.69) is 10.6 Å². The standard InChI is InChI=1S/C17H18N2O2/c1-12-6-3-4-7-15(12)11-18-17(21)14-8-5-9-16(10-14)19-13(2)20/h3-10H,11H2,1-2H3,(H,18,21)(H,19,20). The predicted molar refractivity (Wildman–Crippen MR) is 83.1 cm³/mol. The lowest BCUT2D eigenvalue weighted by atomic mass is 10.1. The Kier molecular flexibility index (Phi) is 4.72. The summed E-state index contributed by atoms with van der Waals surface area (Å²) in [4.78, 5) is 23.2. The van der Waals surface area contributed by atoms with Gasteiger partial charge in [-0.1, -0.05) is 30.3 Å². The number of anilines is 1. The molecule has 0 unspecified atom stereocenters. The van der Waals surface area contributed by atoms with Crippen LogP contribution in [0.3, 0.4) is 0 Å². The summed E-state index contributed by atoms with van der Waals surface area (Å²) in [6.45, 7) is 3.93. The van der Waals surface area contributed by atoms with Crippen LogP contribution in [-0.4, -0.2) is 11.8 Å². The second-order valence-electron chi connectivity index (χ2n) is 4.87. The van der Waals surface area contributed by atoms with E-state index in [1.165, 1.54) is 6.92 Å². The van der Waals surface area contributed by atoms with Crippen LogP contribution in [0.5, 0.6) is 0 Å². The highest BCUT2D eigenvalue weighted by Crippen LogP contribution is 2.11. The third-order valence-corrected chi connectivity index (χ3v) is 3.15. The highest BCUT2D eigenvalue weighted by Gasteiger charge is 2.07. The zero-order valence-electron chi connectivity index (χ0n) is 12.1. The maximum atomic E-state index is 12.1. The second-order valence-corrected chi connectivity index (χ2v) is 4.87. The lowest BCUT2D eigenvalue weighted by Crippen LogP contribution is -2.23. The van der Waals surface area contributed by atoms with Gasteiger partial charge in [-0.25, -0.2) is 0 Å². The molecule has 0 aromatic heterocycles. The van der Waals surface area contributed by atoms with Crippen molar-refractivity contribution in [1.82, 2.24) is 5.32 Å². The number of nitrogens with one attached hydrogen (secondary N) is 2. The van der Waals surface area contributed by atoms with Crippen molar-refractivity contribution in [3.05, 3.63) is 65.2 Å². The smallest absolute Gasteiger partial charge is 0.251 e. The first-order chi connectivity index (χ1) is 10.1. The van der Waals surface area contributed by atoms with Gasteiger partial charge in [0.2, 0.25) is 5.91 Å². The number of rotatable bonds is 4. The minimum Gasteiger partial charge on any atom is -0.348 e. The minimum absolute atomic E-state index is 0.160. The molecule has 2 N–H and O–H groups in total. The molecule has 0 fully saturated rings. The van der Waals surface area contributed by atoms with Crippen molar-refractivity contribution in [3.8, 4) is 0 Å². The van der Waals surface area contributed by atoms with Crippen LogP contribution in [0, 0.1) is 6.92 Å². The Bertz CT molecular complexity index is 665. The number of carbonyl (C=O) groups is 2. The number of aryl methyl sites for hydroxylation is 1. The van der Waals surface area contributed by atoms with Crippen LogP contribution in [0.15, 0.2) is 48.5 Å². The Hall–Kier alpha value is -2.62. The fraction of sp³-hybridized carbons (Fsp3) is 0.176. The minimum atomic E-state index is -0.162. The van der Waals surface area contributed by atoms with E-state index in [-0.39, 0.29) is 11.8 Å². The molecule has 108 valence electrons. The molecule has 2 rings (SSSR count). The Morgan fingerprint density at radius 2 is 1.81 bits per heavy atom. The van der Waals surface area contributed by atoms with Gasteiger partial charge in [0.1, 0.15) is 0 Å². The van der Waals surface area contributed by atoms with Crippen LogP contribution in [0.25, 0.3) is 0 Å². The first kappa shape index (κ1) is 14.8. The summed E-state index contributed by atoms with van der Waals surface area (Å²) < 4.78 is 0. The van der Waals surface area contributed by atoms with Crippen LogP contribution in [0.4, 0.5) is 5.69 Å². The molecule has 2 aromatic carbocycles. The Balaban J connectivity index is 2.03. The number of hydrogen-bond donors (Lipinski definition) is 2. The maximum absolute atomic E-state index is 12.1. The van der Waals surface area contributed by atoms with Gasteiger partial charge in [-0.05, 0) is 36.2 Å². The normalized spacial score (nSPS) is 10.0. The molecule has 0 spiro atoms. The molecule has 4 heteroatoms. The van der Waals surface area contributed by atoms with Crippen molar-refractivity contribution in [2.45, 2.75) is 20.4 Å². The van der Waals surface area contributed by atoms with Crippen molar-refractivity contribution < 1.29 is 9.59 Å². The number of carbonyl (C=O) groups excluding carboxylic acids is 2. The van der Waals surface area contributed by atoms with Crippen molar-refractivity contribution in [3.63, 3.8) is 0 Å². The van der Waals surface area contributed by atoms with Gasteiger partial charge in [0.05, 0.1) is 0 Å². The molecular formula is C17H18N2O2. The van der Waals surface area contributed by atoms with Gasteiger partial charge < -0.3 is 10.6 Å². The fourth-order valence-electron chi connectivity index (χ4n) is 2.03. The molecule has 0 heterocycles. The highest BCUT2D eigenvalue weighted by atomic mass is 16.2. The molecule has 4 nitrogen and oxygen atoms in total. The molecule has 0 atom stereocenters. The zero-order chi connectivity index (χ0) is 15.2. The van der Waals surface area contributed by atoms with Gasteiger partial charge in [0.25, 0.3) is 5.91 Å². The molecule has 0 aliphatic rings. The van der Waals surface area contributed by atoms with Crippen LogP contribution in [0.1, 0.15) is 28.4 Å². The van der Waals surface area contributed by atoms with Crippen LogP contribution in [-0.2, 0) is 11.3 Å². The second kappa shape index (κ2) is 6.70. The Morgan fingerprint density at radius 1 is 1.05 bits per heavy atom. The molecule has 0 saturated carbocycles. The largest absolute Gasteiger partial charge is 0.348 e. The van der Waals surface area contributed by atoms with Crippen LogP contribution < -0.4 is 10.6 Å². The average Bonchev–Trinajstić information content (AvgIpc) is 2.45. The number of amides is 2. The Morgan fingerprint density at radius 3 is 2.52 bits per heavy atom. The first-order valence-corrected chi connectivity index (χ1v) is 6.76. The van der Waals surface area contributed by atoms with Gasteiger partial charge in [-0.15, -0.1) is 0 Å². The Labute approximate surface area is 124 Å². The van der Waals surface area contributed by atoms with Crippen molar-refractivity contribution in [1.29, 1.82) is 0 Å². The summed E-state index contributed by atoms with van der Waals surface area (Å²) in [5, 5.41) is 5.55. The molecule has 0 bridgehead atoms. The average molecular weight is 282 g/mol. The topological polar surface area (TPSA) is 58.2 Å². The number of benzene rings is 2. The predicted octanol–water partition coefficient (Wildman–Crippen LogP) is 2.88. The third kappa shape index (κ3) is 4.18. The van der Waals surface area contributed by atoms with Gasteiger partial charge in [-0.2, -0.15) is 0 Å². The fourth-order valence-corrected chi connectivity index (χ4v) is 2.03. The first-order valence-electron chi connectivity index (χ1n) is 6.76. The molecule has 2 aromatic rings. The lowest BCUT2D eigenvalue weighted by molar-refractivity contribution is -0.114. The zero-order valence-corrected chi connectivity index (χ0v) is 12.1. The third-order valence-electron chi connectivity index (χ3n) is 3.15. The summed E-state index contributed by atoms with van der Waals surface area (Å²) in [7, 11) is 0. The van der Waals surface area contributed by atoms with E-state index >= 15 is 0 Å². The summed E-state index contributed by atoms with van der Waals surface area (Å²) in [6.07, 6.45) is 0. The van der Waals surface area contributed by atoms with E-state index in [1.54, 1.807) is 24.3 Å². The van der Waals surface area contributed by atoms with E-state index in [9.17, 15) is 9.59 Å². The van der Waals surface area contributed by atoms with Gasteiger partial charge >= 0.3 is 0 Å². The number of hydrogen-bond acceptors (Lipinski definition) is 2. The van der Waals surface area contributed by atoms with Gasteiger partial charge in [0.15, 0.2) is 0 Å². The van der Waals surface area contributed by atoms with Crippen molar-refractivity contribution in [2.24, 2.45) is 0 Å². The van der Waals surface area contributed by atoms with Crippen molar-refractivity contribution >= 4 is 17.5 Å². The van der Waals surface area contributed by atoms with Crippen molar-refractivity contribution in [2.75, 3.05) is 5.32 Å². The SMILES string of the molecule is CC(=O)Nc1cccc(C(=O)NCc2ccccc2C)c1. The summed E-state index contributed by atoms with van der Waals surface area (Å²) >= 11 is 0. The summed E-state index contributed by atoms with van der Waals surface area (Å²) in [6, 6.07) is 14.8. The van der Waals surface area contributed by atoms with Crippen LogP contribution in [0.2, 0.25) is 0 Å². The summed E-state index contributed by atoms with van der Waals surface area (Å²) in [5.41, 5.74) is 3.37. The highest BCUT2D eigenvalue weighted by molar-refractivity contribution is 5.96. The van der Waals surface area contributed by atoms with E-state index in [0.29, 0.717) is 17.8 Å². The molecular weight excluding hydrogens is 264 g/mol. The van der Waals surface area contributed by atoms with Crippen LogP contribution >= 0.6 is 0 Å². The van der Waals surface area contributed by atoms with E-state index < -0.39 is 0 Å². The molecule has 0 aliphatic carbocycles. The van der Waals surface area contributed by atoms with E-state index in [0.717, 1.165) is 11.1 Å². The quantitative estimate of drug-likeness (QED) is 0.906. The molecule has 21 heavy (non-hydrogen) atoms. The lowest BCUT2D eigenvalue weighted by Gasteiger charge is -2.09. The molecule has 2 amide bonds. The summed E-state index contributed by atoms with van der Waals surface area (Å²) in [5.74, 6) is -0.321. The molecule has 0 saturated heterocycles. The van der Waals surface area contributed by atoms with Gasteiger partial charge in [-0.3, -0.25) is 9.59 Å². The van der Waals surface area contributed by atoms with Gasteiger partial charge in [0, 0.05) is 24.7 Å². The van der Waals surface area contributed by atoms with E-state index in [1.807, 2.05) is 31.2 Å². The monoisotopic (exact) mass is 282 g/mol. The van der Waals surface area contributed by atoms with E-state index in [4.69, 9.17) is 0 Å². The molecule has 0 radical (unpaired) electrons. The maximum Gasteiger partial charge on any atom is 0.251 e.